The van der Waals surface area contributed by atoms with Gasteiger partial charge in [0.1, 0.15) is 5.82 Å². The van der Waals surface area contributed by atoms with Gasteiger partial charge in [0, 0.05) is 23.4 Å². The minimum Gasteiger partial charge on any atom is -0.350 e. The molecule has 0 bridgehead atoms. The molecule has 0 radical (unpaired) electrons. The fraction of sp³-hybridized carbons (Fsp3) is 0.167. The highest BCUT2D eigenvalue weighted by Gasteiger charge is 2.14. The molecule has 0 saturated carbocycles. The van der Waals surface area contributed by atoms with Gasteiger partial charge in [-0.2, -0.15) is 5.10 Å². The third kappa shape index (κ3) is 2.95. The fourth-order valence-electron chi connectivity index (χ4n) is 1.52. The largest absolute Gasteiger partial charge is 0.350 e. The topological polar surface area (TPSA) is 46.9 Å². The van der Waals surface area contributed by atoms with Gasteiger partial charge in [-0.25, -0.2) is 4.39 Å². The van der Waals surface area contributed by atoms with Gasteiger partial charge in [-0.3, -0.25) is 9.48 Å². The van der Waals surface area contributed by atoms with Crippen LogP contribution in [-0.4, -0.2) is 22.2 Å². The monoisotopic (exact) mass is 311 g/mol. The van der Waals surface area contributed by atoms with Gasteiger partial charge in [-0.15, -0.1) is 0 Å². The lowest BCUT2D eigenvalue weighted by Gasteiger charge is -2.07. The molecule has 0 unspecified atom stereocenters. The second kappa shape index (κ2) is 5.77. The highest BCUT2D eigenvalue weighted by Crippen LogP contribution is 2.19. The zero-order valence-electron chi connectivity index (χ0n) is 9.44. The van der Waals surface area contributed by atoms with E-state index in [0.717, 1.165) is 0 Å². The quantitative estimate of drug-likeness (QED) is 0.941. The van der Waals surface area contributed by atoms with Crippen LogP contribution >= 0.6 is 15.9 Å². The van der Waals surface area contributed by atoms with Crippen LogP contribution in [-0.2, 0) is 6.54 Å². The van der Waals surface area contributed by atoms with Crippen LogP contribution in [0.25, 0.3) is 0 Å². The van der Waals surface area contributed by atoms with E-state index in [1.54, 1.807) is 35.3 Å². The molecule has 0 fully saturated rings. The number of benzene rings is 1. The molecule has 0 aliphatic heterocycles. The first kappa shape index (κ1) is 12.8. The van der Waals surface area contributed by atoms with Crippen molar-refractivity contribution >= 4 is 21.8 Å². The minimum atomic E-state index is -0.541. The Morgan fingerprint density at radius 2 is 2.28 bits per heavy atom. The molecule has 1 amide bonds. The number of hydrogen-bond donors (Lipinski definition) is 1. The van der Waals surface area contributed by atoms with Crippen molar-refractivity contribution in [3.63, 3.8) is 0 Å². The van der Waals surface area contributed by atoms with Crippen molar-refractivity contribution in [1.82, 2.24) is 15.1 Å². The number of nitrogens with one attached hydrogen (secondary N) is 1. The summed E-state index contributed by atoms with van der Waals surface area (Å²) in [5.41, 5.74) is 0.0259. The second-order valence-electron chi connectivity index (χ2n) is 3.62. The third-order valence-electron chi connectivity index (χ3n) is 2.38. The Kier molecular flexibility index (Phi) is 4.09. The molecule has 0 aliphatic carbocycles. The van der Waals surface area contributed by atoms with Crippen LogP contribution in [0.2, 0.25) is 0 Å². The Bertz CT molecular complexity index is 522. The second-order valence-corrected chi connectivity index (χ2v) is 4.48. The van der Waals surface area contributed by atoms with E-state index in [2.05, 4.69) is 26.3 Å². The van der Waals surface area contributed by atoms with Crippen LogP contribution in [0.3, 0.4) is 0 Å². The zero-order valence-corrected chi connectivity index (χ0v) is 11.0. The lowest BCUT2D eigenvalue weighted by molar-refractivity contribution is 0.0947. The molecule has 0 saturated heterocycles. The number of amides is 1. The zero-order chi connectivity index (χ0) is 13.0. The first-order chi connectivity index (χ1) is 8.68. The summed E-state index contributed by atoms with van der Waals surface area (Å²) in [6.07, 6.45) is 3.46. The van der Waals surface area contributed by atoms with Crippen molar-refractivity contribution in [2.75, 3.05) is 6.54 Å². The average molecular weight is 312 g/mol. The summed E-state index contributed by atoms with van der Waals surface area (Å²) < 4.78 is 15.6. The lowest BCUT2D eigenvalue weighted by atomic mass is 10.2. The molecule has 0 aliphatic rings. The van der Waals surface area contributed by atoms with Gasteiger partial charge < -0.3 is 5.32 Å². The van der Waals surface area contributed by atoms with Crippen molar-refractivity contribution in [3.05, 3.63) is 52.5 Å². The number of rotatable bonds is 4. The molecule has 1 aromatic heterocycles. The predicted octanol–water partition coefficient (Wildman–Crippen LogP) is 2.21. The van der Waals surface area contributed by atoms with Gasteiger partial charge in [-0.1, -0.05) is 6.07 Å². The summed E-state index contributed by atoms with van der Waals surface area (Å²) in [7, 11) is 0. The standard InChI is InChI=1S/C12H11BrFN3O/c13-9-3-1-4-10(14)11(9)12(18)15-6-8-17-7-2-5-16-17/h1-5,7H,6,8H2,(H,15,18). The van der Waals surface area contributed by atoms with Crippen LogP contribution in [0.5, 0.6) is 0 Å². The third-order valence-corrected chi connectivity index (χ3v) is 3.04. The van der Waals surface area contributed by atoms with Crippen molar-refractivity contribution < 1.29 is 9.18 Å². The van der Waals surface area contributed by atoms with Gasteiger partial charge in [0.25, 0.3) is 5.91 Å². The molecular weight excluding hydrogens is 301 g/mol. The van der Waals surface area contributed by atoms with Crippen LogP contribution in [0.4, 0.5) is 4.39 Å². The summed E-state index contributed by atoms with van der Waals surface area (Å²) in [6, 6.07) is 6.23. The Hall–Kier alpha value is -1.69. The number of carbonyl (C=O) groups is 1. The van der Waals surface area contributed by atoms with E-state index in [4.69, 9.17) is 0 Å². The van der Waals surface area contributed by atoms with Crippen molar-refractivity contribution in [2.24, 2.45) is 0 Å². The van der Waals surface area contributed by atoms with Crippen molar-refractivity contribution in [2.45, 2.75) is 6.54 Å². The first-order valence-electron chi connectivity index (χ1n) is 5.38. The maximum Gasteiger partial charge on any atom is 0.255 e. The molecule has 94 valence electrons. The van der Waals surface area contributed by atoms with Gasteiger partial charge in [0.2, 0.25) is 0 Å². The van der Waals surface area contributed by atoms with E-state index in [-0.39, 0.29) is 5.56 Å². The highest BCUT2D eigenvalue weighted by molar-refractivity contribution is 9.10. The van der Waals surface area contributed by atoms with E-state index in [0.29, 0.717) is 17.6 Å². The maximum absolute atomic E-state index is 13.5. The molecule has 2 aromatic rings. The Morgan fingerprint density at radius 3 is 2.94 bits per heavy atom. The van der Waals surface area contributed by atoms with Crippen LogP contribution in [0, 0.1) is 5.82 Å². The van der Waals surface area contributed by atoms with E-state index in [1.165, 1.54) is 6.07 Å². The molecule has 4 nitrogen and oxygen atoms in total. The fourth-order valence-corrected chi connectivity index (χ4v) is 2.04. The van der Waals surface area contributed by atoms with Crippen molar-refractivity contribution in [3.8, 4) is 0 Å². The summed E-state index contributed by atoms with van der Waals surface area (Å²) in [4.78, 5) is 11.8. The molecule has 0 atom stereocenters. The summed E-state index contributed by atoms with van der Waals surface area (Å²) >= 11 is 3.16. The van der Waals surface area contributed by atoms with E-state index in [1.807, 2.05) is 0 Å². The van der Waals surface area contributed by atoms with Crippen molar-refractivity contribution in [1.29, 1.82) is 0 Å². The normalized spacial score (nSPS) is 10.3. The molecular formula is C12H11BrFN3O. The number of nitrogens with zero attached hydrogens (tertiary/aromatic N) is 2. The average Bonchev–Trinajstić information content (AvgIpc) is 2.82. The Morgan fingerprint density at radius 1 is 1.44 bits per heavy atom. The van der Waals surface area contributed by atoms with Gasteiger partial charge in [0.05, 0.1) is 12.1 Å². The van der Waals surface area contributed by atoms with Crippen LogP contribution in [0.15, 0.2) is 41.1 Å². The summed E-state index contributed by atoms with van der Waals surface area (Å²) in [6.45, 7) is 0.937. The molecule has 18 heavy (non-hydrogen) atoms. The molecule has 1 heterocycles. The molecule has 1 aromatic carbocycles. The van der Waals surface area contributed by atoms with E-state index in [9.17, 15) is 9.18 Å². The Balaban J connectivity index is 1.96. The van der Waals surface area contributed by atoms with E-state index >= 15 is 0 Å². The van der Waals surface area contributed by atoms with E-state index < -0.39 is 11.7 Å². The van der Waals surface area contributed by atoms with Gasteiger partial charge in [-0.05, 0) is 34.1 Å². The Labute approximate surface area is 112 Å². The maximum atomic E-state index is 13.5. The number of hydrogen-bond acceptors (Lipinski definition) is 2. The number of aromatic nitrogens is 2. The SMILES string of the molecule is O=C(NCCn1cccn1)c1c(F)cccc1Br. The molecule has 2 rings (SSSR count). The molecule has 1 N–H and O–H groups in total. The summed E-state index contributed by atoms with van der Waals surface area (Å²) in [5.74, 6) is -0.979. The lowest BCUT2D eigenvalue weighted by Crippen LogP contribution is -2.28. The van der Waals surface area contributed by atoms with Crippen LogP contribution < -0.4 is 5.32 Å². The van der Waals surface area contributed by atoms with Gasteiger partial charge >= 0.3 is 0 Å². The summed E-state index contributed by atoms with van der Waals surface area (Å²) in [5, 5.41) is 6.65. The predicted molar refractivity (Wildman–Crippen MR) is 68.7 cm³/mol. The smallest absolute Gasteiger partial charge is 0.255 e. The highest BCUT2D eigenvalue weighted by atomic mass is 79.9. The van der Waals surface area contributed by atoms with Crippen LogP contribution in [0.1, 0.15) is 10.4 Å². The van der Waals surface area contributed by atoms with Gasteiger partial charge in [0.15, 0.2) is 0 Å². The molecule has 0 spiro atoms. The number of halogens is 2. The number of carbonyl (C=O) groups excluding carboxylic acids is 1. The first-order valence-corrected chi connectivity index (χ1v) is 6.17. The molecule has 6 heteroatoms. The minimum absolute atomic E-state index is 0.0259.